The molecule has 3 N–H and O–H groups in total. The number of hydrogen-bond acceptors (Lipinski definition) is 3. The molecule has 0 heterocycles. The molecule has 1 aromatic carbocycles. The lowest BCUT2D eigenvalue weighted by Crippen LogP contribution is -2.23. The van der Waals surface area contributed by atoms with Crippen LogP contribution in [-0.2, 0) is 0 Å². The van der Waals surface area contributed by atoms with E-state index in [-0.39, 0.29) is 17.7 Å². The summed E-state index contributed by atoms with van der Waals surface area (Å²) in [7, 11) is 0. The summed E-state index contributed by atoms with van der Waals surface area (Å²) in [5, 5.41) is 9.72. The van der Waals surface area contributed by atoms with Crippen LogP contribution in [0.2, 0.25) is 0 Å². The maximum Gasteiger partial charge on any atom is 0.389 e. The zero-order valence-corrected chi connectivity index (χ0v) is 11.8. The zero-order valence-electron chi connectivity index (χ0n) is 11.8. The van der Waals surface area contributed by atoms with Gasteiger partial charge in [0.2, 0.25) is 0 Å². The SMILES string of the molecule is CC(C)(C)Oc1ccc(O)c([C@@H](N)CCC(F)(F)F)c1. The Balaban J connectivity index is 2.85. The molecule has 1 aromatic rings. The minimum absolute atomic E-state index is 0.124. The summed E-state index contributed by atoms with van der Waals surface area (Å²) in [5.41, 5.74) is 5.54. The topological polar surface area (TPSA) is 55.5 Å². The number of hydrogen-bond donors (Lipinski definition) is 2. The number of ether oxygens (including phenoxy) is 1. The number of phenols is 1. The van der Waals surface area contributed by atoms with E-state index in [9.17, 15) is 18.3 Å². The fourth-order valence-electron chi connectivity index (χ4n) is 1.72. The highest BCUT2D eigenvalue weighted by Gasteiger charge is 2.28. The fraction of sp³-hybridized carbons (Fsp3) is 0.571. The highest BCUT2D eigenvalue weighted by molar-refractivity contribution is 5.41. The number of aromatic hydroxyl groups is 1. The third-order valence-corrected chi connectivity index (χ3v) is 2.56. The van der Waals surface area contributed by atoms with Crippen molar-refractivity contribution in [3.05, 3.63) is 23.8 Å². The third kappa shape index (κ3) is 5.69. The van der Waals surface area contributed by atoms with Crippen LogP contribution in [0.3, 0.4) is 0 Å². The Hall–Kier alpha value is -1.43. The van der Waals surface area contributed by atoms with Crippen molar-refractivity contribution in [2.45, 2.75) is 51.4 Å². The van der Waals surface area contributed by atoms with Gasteiger partial charge in [0, 0.05) is 18.0 Å². The standard InChI is InChI=1S/C14H20F3NO2/c1-13(2,3)20-9-4-5-12(19)10(8-9)11(18)6-7-14(15,16)17/h4-5,8,11,19H,6-7,18H2,1-3H3/t11-/m0/s1. The first-order valence-electron chi connectivity index (χ1n) is 6.32. The summed E-state index contributed by atoms with van der Waals surface area (Å²) in [6.45, 7) is 5.55. The molecule has 1 rings (SSSR count). The number of phenolic OH excluding ortho intramolecular Hbond substituents is 1. The quantitative estimate of drug-likeness (QED) is 0.884. The van der Waals surface area contributed by atoms with Gasteiger partial charge in [-0.3, -0.25) is 0 Å². The van der Waals surface area contributed by atoms with Crippen molar-refractivity contribution in [1.82, 2.24) is 0 Å². The van der Waals surface area contributed by atoms with Gasteiger partial charge in [0.1, 0.15) is 17.1 Å². The Morgan fingerprint density at radius 3 is 2.35 bits per heavy atom. The van der Waals surface area contributed by atoms with Crippen molar-refractivity contribution in [3.63, 3.8) is 0 Å². The summed E-state index contributed by atoms with van der Waals surface area (Å²) >= 11 is 0. The molecule has 114 valence electrons. The number of benzene rings is 1. The lowest BCUT2D eigenvalue weighted by atomic mass is 10.0. The Morgan fingerprint density at radius 1 is 1.25 bits per heavy atom. The molecular weight excluding hydrogens is 271 g/mol. The molecule has 0 bridgehead atoms. The minimum atomic E-state index is -4.26. The molecule has 0 saturated carbocycles. The van der Waals surface area contributed by atoms with Gasteiger partial charge in [-0.05, 0) is 45.4 Å². The first-order valence-corrected chi connectivity index (χ1v) is 6.32. The summed E-state index contributed by atoms with van der Waals surface area (Å²) in [6, 6.07) is 3.53. The van der Waals surface area contributed by atoms with E-state index in [2.05, 4.69) is 0 Å². The van der Waals surface area contributed by atoms with Gasteiger partial charge in [-0.15, -0.1) is 0 Å². The fourth-order valence-corrected chi connectivity index (χ4v) is 1.72. The van der Waals surface area contributed by atoms with Gasteiger partial charge in [0.15, 0.2) is 0 Å². The van der Waals surface area contributed by atoms with Crippen LogP contribution >= 0.6 is 0 Å². The van der Waals surface area contributed by atoms with Gasteiger partial charge in [-0.25, -0.2) is 0 Å². The Labute approximate surface area is 116 Å². The lowest BCUT2D eigenvalue weighted by Gasteiger charge is -2.23. The number of nitrogens with two attached hydrogens (primary N) is 1. The molecular formula is C14H20F3NO2. The number of rotatable bonds is 4. The number of alkyl halides is 3. The van der Waals surface area contributed by atoms with Gasteiger partial charge in [0.25, 0.3) is 0 Å². The highest BCUT2D eigenvalue weighted by Crippen LogP contribution is 2.33. The maximum atomic E-state index is 12.2. The largest absolute Gasteiger partial charge is 0.508 e. The molecule has 0 unspecified atom stereocenters. The van der Waals surface area contributed by atoms with Crippen molar-refractivity contribution < 1.29 is 23.0 Å². The van der Waals surface area contributed by atoms with E-state index in [1.54, 1.807) is 6.07 Å². The molecule has 3 nitrogen and oxygen atoms in total. The van der Waals surface area contributed by atoms with Crippen LogP contribution in [0.15, 0.2) is 18.2 Å². The average molecular weight is 291 g/mol. The van der Waals surface area contributed by atoms with Gasteiger partial charge in [-0.2, -0.15) is 13.2 Å². The van der Waals surface area contributed by atoms with Crippen molar-refractivity contribution in [1.29, 1.82) is 0 Å². The van der Waals surface area contributed by atoms with Crippen LogP contribution in [0.25, 0.3) is 0 Å². The Bertz CT molecular complexity index is 453. The smallest absolute Gasteiger partial charge is 0.389 e. The van der Waals surface area contributed by atoms with E-state index in [0.29, 0.717) is 5.75 Å². The molecule has 0 aliphatic carbocycles. The van der Waals surface area contributed by atoms with Crippen molar-refractivity contribution >= 4 is 0 Å². The Morgan fingerprint density at radius 2 is 1.85 bits per heavy atom. The van der Waals surface area contributed by atoms with E-state index in [1.807, 2.05) is 20.8 Å². The third-order valence-electron chi connectivity index (χ3n) is 2.56. The molecule has 0 aliphatic heterocycles. The monoisotopic (exact) mass is 291 g/mol. The van der Waals surface area contributed by atoms with Crippen LogP contribution in [0.4, 0.5) is 13.2 Å². The summed E-state index contributed by atoms with van der Waals surface area (Å²) in [5.74, 6) is 0.341. The van der Waals surface area contributed by atoms with Crippen molar-refractivity contribution in [2.75, 3.05) is 0 Å². The Kier molecular flexibility index (Phi) is 4.91. The molecule has 0 saturated heterocycles. The predicted octanol–water partition coefficient (Wildman–Crippen LogP) is 3.91. The van der Waals surface area contributed by atoms with E-state index in [1.165, 1.54) is 12.1 Å². The molecule has 6 heteroatoms. The predicted molar refractivity (Wildman–Crippen MR) is 70.7 cm³/mol. The van der Waals surface area contributed by atoms with Crippen molar-refractivity contribution in [3.8, 4) is 11.5 Å². The van der Waals surface area contributed by atoms with Crippen LogP contribution in [0, 0.1) is 0 Å². The highest BCUT2D eigenvalue weighted by atomic mass is 19.4. The molecule has 0 amide bonds. The van der Waals surface area contributed by atoms with E-state index in [4.69, 9.17) is 10.5 Å². The van der Waals surface area contributed by atoms with E-state index >= 15 is 0 Å². The van der Waals surface area contributed by atoms with Crippen LogP contribution in [0.1, 0.15) is 45.2 Å². The van der Waals surface area contributed by atoms with E-state index < -0.39 is 24.2 Å². The molecule has 0 radical (unpaired) electrons. The molecule has 0 aromatic heterocycles. The molecule has 0 fully saturated rings. The summed E-state index contributed by atoms with van der Waals surface area (Å²) < 4.78 is 42.2. The second-order valence-corrected chi connectivity index (χ2v) is 5.70. The van der Waals surface area contributed by atoms with Crippen LogP contribution in [-0.4, -0.2) is 16.9 Å². The van der Waals surface area contributed by atoms with E-state index in [0.717, 1.165) is 0 Å². The zero-order chi connectivity index (χ0) is 15.6. The average Bonchev–Trinajstić information content (AvgIpc) is 2.25. The van der Waals surface area contributed by atoms with Crippen molar-refractivity contribution in [2.24, 2.45) is 5.73 Å². The van der Waals surface area contributed by atoms with Gasteiger partial charge >= 0.3 is 6.18 Å². The second kappa shape index (κ2) is 5.91. The first-order chi connectivity index (χ1) is 8.98. The number of halogens is 3. The lowest BCUT2D eigenvalue weighted by molar-refractivity contribution is -0.136. The molecule has 1 atom stereocenters. The van der Waals surface area contributed by atoms with Crippen LogP contribution in [0.5, 0.6) is 11.5 Å². The second-order valence-electron chi connectivity index (χ2n) is 5.70. The van der Waals surface area contributed by atoms with Crippen LogP contribution < -0.4 is 10.5 Å². The normalized spacial score (nSPS) is 14.2. The van der Waals surface area contributed by atoms with Gasteiger partial charge in [0.05, 0.1) is 0 Å². The summed E-state index contributed by atoms with van der Waals surface area (Å²) in [4.78, 5) is 0. The maximum absolute atomic E-state index is 12.2. The van der Waals surface area contributed by atoms with Gasteiger partial charge < -0.3 is 15.6 Å². The summed E-state index contributed by atoms with van der Waals surface area (Å²) in [6.07, 6.45) is -5.53. The minimum Gasteiger partial charge on any atom is -0.508 e. The molecule has 0 aliphatic rings. The molecule has 20 heavy (non-hydrogen) atoms. The first kappa shape index (κ1) is 16.6. The van der Waals surface area contributed by atoms with Gasteiger partial charge in [-0.1, -0.05) is 0 Å². The molecule has 0 spiro atoms.